The maximum atomic E-state index is 13.5. The molecule has 0 aliphatic carbocycles. The van der Waals surface area contributed by atoms with Gasteiger partial charge >= 0.3 is 0 Å². The van der Waals surface area contributed by atoms with Gasteiger partial charge in [-0.2, -0.15) is 0 Å². The minimum Gasteiger partial charge on any atom is -0.495 e. The van der Waals surface area contributed by atoms with Gasteiger partial charge in [-0.15, -0.1) is 5.10 Å². The maximum absolute atomic E-state index is 13.5. The average molecular weight is 467 g/mol. The molecule has 4 fully saturated rings. The van der Waals surface area contributed by atoms with Crippen LogP contribution in [-0.2, 0) is 16.8 Å². The number of carbonyl (C=O) groups is 1. The molecule has 2 aromatic rings. The number of hydrogen-bond donors (Lipinski definition) is 0. The molecule has 0 spiro atoms. The Morgan fingerprint density at radius 2 is 1.88 bits per heavy atom. The first kappa shape index (κ1) is 23.1. The molecule has 0 N–H and O–H groups in total. The van der Waals surface area contributed by atoms with Crippen LogP contribution in [0, 0.1) is 11.8 Å². The van der Waals surface area contributed by atoms with Crippen molar-refractivity contribution in [2.45, 2.75) is 51.6 Å². The molecule has 0 saturated carbocycles. The lowest BCUT2D eigenvalue weighted by molar-refractivity contribution is -0.144. The number of piperazine rings is 1. The first-order valence-electron chi connectivity index (χ1n) is 12.6. The number of nitrogens with zero attached hydrogens (tertiary/aromatic N) is 6. The standard InChI is InChI=1S/C26H38N6O2/c1-26(2,3)24-18-32(28-27-24)16-20-15-19-9-10-31(20)17-21(19)25(33)30-13-11-29(12-14-30)22-7-5-6-8-23(22)34-4/h5-8,18-21H,9-17H2,1-4H3/t19?,20-,21+/m1/s1. The fourth-order valence-electron chi connectivity index (χ4n) is 5.85. The number of hydrogen-bond acceptors (Lipinski definition) is 6. The van der Waals surface area contributed by atoms with Crippen molar-refractivity contribution in [1.82, 2.24) is 24.8 Å². The number of benzene rings is 1. The summed E-state index contributed by atoms with van der Waals surface area (Å²) in [5.74, 6) is 1.85. The van der Waals surface area contributed by atoms with Crippen LogP contribution in [0.25, 0.3) is 0 Å². The molecule has 1 aromatic carbocycles. The SMILES string of the molecule is COc1ccccc1N1CCN(C(=O)[C@H]2CN3CCC2C[C@@H]3Cn2cc(C(C)(C)C)nn2)CC1. The van der Waals surface area contributed by atoms with Crippen LogP contribution in [0.2, 0.25) is 0 Å². The molecule has 8 nitrogen and oxygen atoms in total. The Bertz CT molecular complexity index is 1010. The van der Waals surface area contributed by atoms with E-state index in [0.29, 0.717) is 17.9 Å². The van der Waals surface area contributed by atoms with Gasteiger partial charge in [0, 0.05) is 50.4 Å². The summed E-state index contributed by atoms with van der Waals surface area (Å²) in [5.41, 5.74) is 2.16. The van der Waals surface area contributed by atoms with Crippen LogP contribution in [0.5, 0.6) is 5.75 Å². The third kappa shape index (κ3) is 4.52. The van der Waals surface area contributed by atoms with Gasteiger partial charge in [-0.25, -0.2) is 0 Å². The second-order valence-corrected chi connectivity index (χ2v) is 11.1. The number of aromatic nitrogens is 3. The van der Waals surface area contributed by atoms with Gasteiger partial charge in [0.05, 0.1) is 31.0 Å². The molecular weight excluding hydrogens is 428 g/mol. The van der Waals surface area contributed by atoms with Crippen molar-refractivity contribution in [2.24, 2.45) is 11.8 Å². The molecule has 4 atom stereocenters. The summed E-state index contributed by atoms with van der Waals surface area (Å²) >= 11 is 0. The molecule has 2 unspecified atom stereocenters. The summed E-state index contributed by atoms with van der Waals surface area (Å²) in [6.45, 7) is 12.6. The number of piperidine rings is 3. The van der Waals surface area contributed by atoms with Gasteiger partial charge in [0.2, 0.25) is 5.91 Å². The van der Waals surface area contributed by atoms with Crippen molar-refractivity contribution in [2.75, 3.05) is 51.3 Å². The van der Waals surface area contributed by atoms with Crippen LogP contribution < -0.4 is 9.64 Å². The number of fused-ring (bicyclic) bond motifs is 3. The van der Waals surface area contributed by atoms with Crippen molar-refractivity contribution in [1.29, 1.82) is 0 Å². The van der Waals surface area contributed by atoms with Crippen molar-refractivity contribution >= 4 is 11.6 Å². The normalized spacial score (nSPS) is 27.2. The summed E-state index contributed by atoms with van der Waals surface area (Å²) < 4.78 is 7.53. The average Bonchev–Trinajstić information content (AvgIpc) is 3.33. The van der Waals surface area contributed by atoms with E-state index < -0.39 is 0 Å². The molecule has 1 aromatic heterocycles. The van der Waals surface area contributed by atoms with Crippen molar-refractivity contribution < 1.29 is 9.53 Å². The van der Waals surface area contributed by atoms with Crippen molar-refractivity contribution in [3.63, 3.8) is 0 Å². The highest BCUT2D eigenvalue weighted by molar-refractivity contribution is 5.80. The molecule has 2 bridgehead atoms. The Morgan fingerprint density at radius 1 is 1.12 bits per heavy atom. The first-order chi connectivity index (χ1) is 16.3. The topological polar surface area (TPSA) is 66.7 Å². The van der Waals surface area contributed by atoms with E-state index in [0.717, 1.165) is 75.8 Å². The Labute approximate surface area is 202 Å². The van der Waals surface area contributed by atoms with E-state index in [9.17, 15) is 4.79 Å². The van der Waals surface area contributed by atoms with Crippen LogP contribution in [0.15, 0.2) is 30.5 Å². The molecule has 5 heterocycles. The second kappa shape index (κ2) is 9.21. The molecule has 4 aliphatic heterocycles. The lowest BCUT2D eigenvalue weighted by atomic mass is 9.75. The van der Waals surface area contributed by atoms with E-state index >= 15 is 0 Å². The second-order valence-electron chi connectivity index (χ2n) is 11.1. The monoisotopic (exact) mass is 466 g/mol. The van der Waals surface area contributed by atoms with Gasteiger partial charge in [0.15, 0.2) is 0 Å². The molecular formula is C26H38N6O2. The Morgan fingerprint density at radius 3 is 2.53 bits per heavy atom. The van der Waals surface area contributed by atoms with Gasteiger partial charge in [0.1, 0.15) is 5.75 Å². The van der Waals surface area contributed by atoms with E-state index in [-0.39, 0.29) is 11.3 Å². The molecule has 34 heavy (non-hydrogen) atoms. The molecule has 4 saturated heterocycles. The summed E-state index contributed by atoms with van der Waals surface area (Å²) in [7, 11) is 1.71. The number of amides is 1. The van der Waals surface area contributed by atoms with Crippen LogP contribution in [-0.4, -0.2) is 83.1 Å². The number of rotatable bonds is 5. The van der Waals surface area contributed by atoms with Gasteiger partial charge in [-0.1, -0.05) is 38.1 Å². The number of anilines is 1. The number of ether oxygens (including phenoxy) is 1. The molecule has 8 heteroatoms. The number of methoxy groups -OCH3 is 1. The highest BCUT2D eigenvalue weighted by Gasteiger charge is 2.45. The van der Waals surface area contributed by atoms with Gasteiger partial charge in [-0.3, -0.25) is 14.4 Å². The highest BCUT2D eigenvalue weighted by Crippen LogP contribution is 2.38. The minimum absolute atomic E-state index is 0.0112. The zero-order valence-electron chi connectivity index (χ0n) is 21.0. The molecule has 4 aliphatic rings. The predicted molar refractivity (Wildman–Crippen MR) is 132 cm³/mol. The zero-order chi connectivity index (χ0) is 23.9. The quantitative estimate of drug-likeness (QED) is 0.675. The molecule has 0 radical (unpaired) electrons. The summed E-state index contributed by atoms with van der Waals surface area (Å²) in [4.78, 5) is 20.5. The summed E-state index contributed by atoms with van der Waals surface area (Å²) in [5, 5.41) is 8.76. The first-order valence-corrected chi connectivity index (χ1v) is 12.6. The molecule has 184 valence electrons. The van der Waals surface area contributed by atoms with Crippen LogP contribution in [0.4, 0.5) is 5.69 Å². The van der Waals surface area contributed by atoms with E-state index in [2.05, 4.69) is 58.0 Å². The summed E-state index contributed by atoms with van der Waals surface area (Å²) in [6, 6.07) is 8.58. The fourth-order valence-corrected chi connectivity index (χ4v) is 5.85. The van der Waals surface area contributed by atoms with Crippen LogP contribution in [0.1, 0.15) is 39.3 Å². The maximum Gasteiger partial charge on any atom is 0.227 e. The molecule has 6 rings (SSSR count). The van der Waals surface area contributed by atoms with E-state index in [1.807, 2.05) is 22.9 Å². The Kier molecular flexibility index (Phi) is 6.27. The van der Waals surface area contributed by atoms with E-state index in [1.165, 1.54) is 0 Å². The molecule has 1 amide bonds. The highest BCUT2D eigenvalue weighted by atomic mass is 16.5. The predicted octanol–water partition coefficient (Wildman–Crippen LogP) is 2.64. The fraction of sp³-hybridized carbons (Fsp3) is 0.654. The zero-order valence-corrected chi connectivity index (χ0v) is 21.0. The summed E-state index contributed by atoms with van der Waals surface area (Å²) in [6.07, 6.45) is 4.29. The Balaban J connectivity index is 1.17. The number of para-hydroxylation sites is 2. The Hall–Kier alpha value is -2.61. The van der Waals surface area contributed by atoms with Crippen LogP contribution in [0.3, 0.4) is 0 Å². The smallest absolute Gasteiger partial charge is 0.227 e. The third-order valence-electron chi connectivity index (χ3n) is 7.92. The van der Waals surface area contributed by atoms with Gasteiger partial charge in [-0.05, 0) is 37.4 Å². The van der Waals surface area contributed by atoms with E-state index in [1.54, 1.807) is 7.11 Å². The number of carbonyl (C=O) groups excluding carboxylic acids is 1. The third-order valence-corrected chi connectivity index (χ3v) is 7.92. The minimum atomic E-state index is 0.0112. The van der Waals surface area contributed by atoms with Crippen molar-refractivity contribution in [3.8, 4) is 5.75 Å². The van der Waals surface area contributed by atoms with Gasteiger partial charge in [0.25, 0.3) is 0 Å². The lowest BCUT2D eigenvalue weighted by Gasteiger charge is -2.50. The van der Waals surface area contributed by atoms with Crippen molar-refractivity contribution in [3.05, 3.63) is 36.2 Å². The van der Waals surface area contributed by atoms with Gasteiger partial charge < -0.3 is 14.5 Å². The lowest BCUT2D eigenvalue weighted by Crippen LogP contribution is -2.60. The van der Waals surface area contributed by atoms with Crippen LogP contribution >= 0.6 is 0 Å². The van der Waals surface area contributed by atoms with E-state index in [4.69, 9.17) is 4.74 Å². The largest absolute Gasteiger partial charge is 0.495 e.